The van der Waals surface area contributed by atoms with Crippen LogP contribution in [0.2, 0.25) is 0 Å². The third kappa shape index (κ3) is 4.64. The van der Waals surface area contributed by atoms with Gasteiger partial charge in [-0.2, -0.15) is 28.4 Å². The average molecular weight is 484 g/mol. The topological polar surface area (TPSA) is 140 Å². The first-order valence-corrected chi connectivity index (χ1v) is 9.86. The molecule has 0 saturated heterocycles. The number of nitrogens with one attached hydrogen (secondary N) is 1. The first-order chi connectivity index (χ1) is 16.6. The van der Waals surface area contributed by atoms with Crippen LogP contribution >= 0.6 is 0 Å². The molecule has 3 N–H and O–H groups in total. The van der Waals surface area contributed by atoms with Crippen molar-refractivity contribution in [3.05, 3.63) is 66.0 Å². The number of carbonyl (C=O) groups excluding carboxylic acids is 1. The van der Waals surface area contributed by atoms with Crippen molar-refractivity contribution < 1.29 is 33.0 Å². The summed E-state index contributed by atoms with van der Waals surface area (Å²) >= 11 is 0. The van der Waals surface area contributed by atoms with Gasteiger partial charge >= 0.3 is 18.1 Å². The number of para-hydroxylation sites is 1. The zero-order chi connectivity index (χ0) is 25.3. The minimum Gasteiger partial charge on any atom is -0.505 e. The van der Waals surface area contributed by atoms with Gasteiger partial charge in [-0.15, -0.1) is 0 Å². The van der Waals surface area contributed by atoms with Crippen molar-refractivity contribution in [3.63, 3.8) is 0 Å². The van der Waals surface area contributed by atoms with Crippen LogP contribution in [0.5, 0.6) is 5.75 Å². The van der Waals surface area contributed by atoms with E-state index in [0.717, 1.165) is 6.20 Å². The predicted molar refractivity (Wildman–Crippen MR) is 119 cm³/mol. The van der Waals surface area contributed by atoms with Gasteiger partial charge in [0.15, 0.2) is 5.71 Å². The molecule has 10 nitrogen and oxygen atoms in total. The Labute approximate surface area is 195 Å². The predicted octanol–water partition coefficient (Wildman–Crippen LogP) is 3.76. The molecule has 3 aromatic rings. The Bertz CT molecular complexity index is 1400. The smallest absolute Gasteiger partial charge is 0.433 e. The van der Waals surface area contributed by atoms with E-state index in [1.807, 2.05) is 0 Å². The van der Waals surface area contributed by atoms with Crippen molar-refractivity contribution in [1.82, 2.24) is 9.97 Å². The van der Waals surface area contributed by atoms with Crippen LogP contribution in [-0.2, 0) is 11.0 Å². The Morgan fingerprint density at radius 2 is 1.89 bits per heavy atom. The number of carbonyl (C=O) groups is 2. The number of hydrogen-bond donors (Lipinski definition) is 3. The number of phenols is 1. The van der Waals surface area contributed by atoms with Crippen LogP contribution in [0, 0.1) is 0 Å². The fourth-order valence-electron chi connectivity index (χ4n) is 3.17. The van der Waals surface area contributed by atoms with E-state index in [1.54, 1.807) is 18.2 Å². The van der Waals surface area contributed by atoms with Gasteiger partial charge in [-0.05, 0) is 36.8 Å². The number of alkyl halides is 3. The number of benzene rings is 2. The summed E-state index contributed by atoms with van der Waals surface area (Å²) < 4.78 is 38.9. The molecule has 1 amide bonds. The number of aromatic nitrogens is 2. The molecule has 1 aromatic heterocycles. The lowest BCUT2D eigenvalue weighted by molar-refractivity contribution is -0.141. The number of anilines is 2. The van der Waals surface area contributed by atoms with Gasteiger partial charge in [0.1, 0.15) is 11.4 Å². The molecular formula is C22H15F3N6O4. The Hall–Kier alpha value is -4.81. The summed E-state index contributed by atoms with van der Waals surface area (Å²) in [6, 6.07) is 11.2. The molecule has 0 fully saturated rings. The van der Waals surface area contributed by atoms with Crippen molar-refractivity contribution >= 4 is 34.9 Å². The van der Waals surface area contributed by atoms with Gasteiger partial charge in [-0.3, -0.25) is 10.2 Å². The van der Waals surface area contributed by atoms with Gasteiger partial charge in [0.2, 0.25) is 0 Å². The average Bonchev–Trinajstić information content (AvgIpc) is 3.11. The zero-order valence-electron chi connectivity index (χ0n) is 17.8. The maximum absolute atomic E-state index is 13.0. The molecule has 178 valence electrons. The zero-order valence-corrected chi connectivity index (χ0v) is 17.8. The number of nitrogens with zero attached hydrogens (tertiary/aromatic N) is 5. The van der Waals surface area contributed by atoms with Crippen LogP contribution in [-0.4, -0.2) is 43.5 Å². The molecule has 1 aliphatic rings. The van der Waals surface area contributed by atoms with Crippen molar-refractivity contribution in [1.29, 1.82) is 0 Å². The van der Waals surface area contributed by atoms with Crippen LogP contribution in [0.3, 0.4) is 0 Å². The number of aromatic hydroxyl groups is 1. The normalized spacial score (nSPS) is 14.9. The SMILES string of the molecule is CC1=NN(c2nccc(C(F)(F)F)n2)C(=O)C1=NNc1cccc(-c2cccc(C(=O)O)c2)c1O. The lowest BCUT2D eigenvalue weighted by Crippen LogP contribution is -2.29. The highest BCUT2D eigenvalue weighted by Crippen LogP contribution is 2.36. The number of hydrogen-bond acceptors (Lipinski definition) is 8. The van der Waals surface area contributed by atoms with Gasteiger partial charge in [0.05, 0.1) is 17.0 Å². The van der Waals surface area contributed by atoms with Crippen molar-refractivity contribution in [2.75, 3.05) is 10.4 Å². The fourth-order valence-corrected chi connectivity index (χ4v) is 3.17. The third-order valence-electron chi connectivity index (χ3n) is 4.86. The minimum atomic E-state index is -4.73. The molecule has 0 saturated carbocycles. The number of carboxylic acids is 1. The molecule has 35 heavy (non-hydrogen) atoms. The van der Waals surface area contributed by atoms with Gasteiger partial charge in [0, 0.05) is 11.8 Å². The van der Waals surface area contributed by atoms with Crippen LogP contribution in [0.1, 0.15) is 23.0 Å². The number of hydrazone groups is 2. The Balaban J connectivity index is 1.60. The third-order valence-corrected chi connectivity index (χ3v) is 4.86. The second kappa shape index (κ2) is 8.85. The molecule has 0 unspecified atom stereocenters. The molecule has 0 bridgehead atoms. The van der Waals surface area contributed by atoms with Crippen LogP contribution in [0.4, 0.5) is 24.8 Å². The lowest BCUT2D eigenvalue weighted by atomic mass is 10.0. The van der Waals surface area contributed by atoms with E-state index in [2.05, 4.69) is 25.6 Å². The molecule has 2 heterocycles. The summed E-state index contributed by atoms with van der Waals surface area (Å²) in [6.45, 7) is 1.42. The number of aromatic carboxylic acids is 1. The molecule has 13 heteroatoms. The van der Waals surface area contributed by atoms with Gasteiger partial charge in [-0.25, -0.2) is 14.8 Å². The first-order valence-electron chi connectivity index (χ1n) is 9.86. The second-order valence-electron chi connectivity index (χ2n) is 7.20. The molecular weight excluding hydrogens is 469 g/mol. The summed E-state index contributed by atoms with van der Waals surface area (Å²) in [4.78, 5) is 31.0. The molecule has 0 atom stereocenters. The summed E-state index contributed by atoms with van der Waals surface area (Å²) in [6.07, 6.45) is -3.87. The molecule has 1 aliphatic heterocycles. The molecule has 0 aliphatic carbocycles. The summed E-state index contributed by atoms with van der Waals surface area (Å²) in [5, 5.41) is 28.3. The summed E-state index contributed by atoms with van der Waals surface area (Å²) in [5.74, 6) is -2.84. The molecule has 0 spiro atoms. The van der Waals surface area contributed by atoms with E-state index in [9.17, 15) is 33.0 Å². The summed E-state index contributed by atoms with van der Waals surface area (Å²) in [7, 11) is 0. The van der Waals surface area contributed by atoms with E-state index < -0.39 is 29.7 Å². The van der Waals surface area contributed by atoms with Crippen LogP contribution < -0.4 is 10.4 Å². The molecule has 4 rings (SSSR count). The van der Waals surface area contributed by atoms with Gasteiger partial charge in [-0.1, -0.05) is 24.3 Å². The van der Waals surface area contributed by atoms with E-state index in [0.29, 0.717) is 22.2 Å². The van der Waals surface area contributed by atoms with E-state index in [-0.39, 0.29) is 28.4 Å². The lowest BCUT2D eigenvalue weighted by Gasteiger charge is -2.12. The Morgan fingerprint density at radius 3 is 2.60 bits per heavy atom. The highest BCUT2D eigenvalue weighted by Gasteiger charge is 2.36. The van der Waals surface area contributed by atoms with E-state index in [4.69, 9.17) is 0 Å². The highest BCUT2D eigenvalue weighted by molar-refractivity contribution is 6.71. The number of phenolic OH excluding ortho intramolecular Hbond substituents is 1. The molecule has 0 radical (unpaired) electrons. The number of amides is 1. The number of rotatable bonds is 5. The fraction of sp³-hybridized carbons (Fsp3) is 0.0909. The first kappa shape index (κ1) is 23.4. The maximum Gasteiger partial charge on any atom is 0.433 e. The quantitative estimate of drug-likeness (QED) is 0.370. The van der Waals surface area contributed by atoms with Crippen molar-refractivity contribution in [3.8, 4) is 16.9 Å². The van der Waals surface area contributed by atoms with Gasteiger partial charge in [0.25, 0.3) is 5.95 Å². The summed E-state index contributed by atoms with van der Waals surface area (Å²) in [5.41, 5.74) is 2.01. The van der Waals surface area contributed by atoms with Crippen molar-refractivity contribution in [2.24, 2.45) is 10.2 Å². The Morgan fingerprint density at radius 1 is 1.14 bits per heavy atom. The monoisotopic (exact) mass is 484 g/mol. The highest BCUT2D eigenvalue weighted by atomic mass is 19.4. The number of halogens is 3. The van der Waals surface area contributed by atoms with E-state index in [1.165, 1.54) is 31.2 Å². The van der Waals surface area contributed by atoms with E-state index >= 15 is 0 Å². The largest absolute Gasteiger partial charge is 0.505 e. The van der Waals surface area contributed by atoms with Crippen molar-refractivity contribution in [2.45, 2.75) is 13.1 Å². The maximum atomic E-state index is 13.0. The number of carboxylic acid groups (broad SMARTS) is 1. The minimum absolute atomic E-state index is 0.0285. The van der Waals surface area contributed by atoms with Gasteiger partial charge < -0.3 is 10.2 Å². The molecule has 2 aromatic carbocycles. The Kier molecular flexibility index (Phi) is 5.91. The van der Waals surface area contributed by atoms with Crippen LogP contribution in [0.25, 0.3) is 11.1 Å². The van der Waals surface area contributed by atoms with Crippen LogP contribution in [0.15, 0.2) is 64.9 Å². The standard InChI is InChI=1S/C22H15F3N6O4/c1-11-17(19(33)31(30-11)21-26-9-8-16(27-21)22(23,24)25)29-28-15-7-3-6-14(18(15)32)12-4-2-5-13(10-12)20(34)35/h2-10,28,32H,1H3,(H,34,35). The second-order valence-corrected chi connectivity index (χ2v) is 7.20.